The number of rotatable bonds is 5. The van der Waals surface area contributed by atoms with Crippen molar-refractivity contribution in [2.75, 3.05) is 50.7 Å². The molecule has 3 fully saturated rings. The number of carbonyl (C=O) groups is 3. The van der Waals surface area contributed by atoms with Crippen molar-refractivity contribution in [3.05, 3.63) is 29.3 Å². The maximum atomic E-state index is 15.0. The number of carbonyl (C=O) groups excluding carboxylic acids is 3. The quantitative estimate of drug-likeness (QED) is 0.558. The predicted molar refractivity (Wildman–Crippen MR) is 137 cm³/mol. The first-order valence-electron chi connectivity index (χ1n) is 13.4. The topological polar surface area (TPSA) is 102 Å². The summed E-state index contributed by atoms with van der Waals surface area (Å²) in [6.07, 6.45) is 0.784. The van der Waals surface area contributed by atoms with Crippen LogP contribution in [0.2, 0.25) is 0 Å². The Morgan fingerprint density at radius 3 is 2.32 bits per heavy atom. The van der Waals surface area contributed by atoms with E-state index in [1.165, 1.54) is 0 Å². The summed E-state index contributed by atoms with van der Waals surface area (Å²) in [4.78, 5) is 41.3. The third-order valence-electron chi connectivity index (χ3n) is 7.57. The molecule has 210 valence electrons. The number of nitrogens with zero attached hydrogens (tertiary/aromatic N) is 3. The number of β-amino-alcohol motifs (C(OH)–C–C–N with tert-alkyl or cyclic N) is 1. The van der Waals surface area contributed by atoms with E-state index in [9.17, 15) is 23.9 Å². The summed E-state index contributed by atoms with van der Waals surface area (Å²) in [7, 11) is 0. The van der Waals surface area contributed by atoms with Crippen molar-refractivity contribution >= 4 is 23.6 Å². The second-order valence-electron chi connectivity index (χ2n) is 11.5. The molecular formula is C27H38F2N4O5. The smallest absolute Gasteiger partial charge is 0.410 e. The van der Waals surface area contributed by atoms with E-state index in [2.05, 4.69) is 10.2 Å². The van der Waals surface area contributed by atoms with Gasteiger partial charge in [-0.25, -0.2) is 13.6 Å². The number of imide groups is 1. The summed E-state index contributed by atoms with van der Waals surface area (Å²) in [6, 6.07) is 2.21. The van der Waals surface area contributed by atoms with Crippen LogP contribution in [0.15, 0.2) is 12.1 Å². The molecule has 2 unspecified atom stereocenters. The molecule has 11 heteroatoms. The Morgan fingerprint density at radius 1 is 1.05 bits per heavy atom. The van der Waals surface area contributed by atoms with Crippen molar-refractivity contribution in [1.29, 1.82) is 0 Å². The highest BCUT2D eigenvalue weighted by molar-refractivity contribution is 6.01. The van der Waals surface area contributed by atoms with Gasteiger partial charge in [0.15, 0.2) is 0 Å². The first kappa shape index (κ1) is 28.2. The standard InChI is InChI=1S/C27H38F2N4O5/c1-27(2,3)38-26(37)33-8-6-17(7-9-33)23(34)16-31-10-12-32(13-11-31)22-15-20(28)19(14-21(22)29)18-4-5-24(35)30-25(18)36/h14-15,17-18,23,34H,4-13,16H2,1-3H3,(H,30,35,36). The van der Waals surface area contributed by atoms with Gasteiger partial charge in [-0.15, -0.1) is 0 Å². The average Bonchev–Trinajstić information content (AvgIpc) is 2.85. The van der Waals surface area contributed by atoms with Gasteiger partial charge in [-0.1, -0.05) is 0 Å². The molecule has 3 aliphatic rings. The highest BCUT2D eigenvalue weighted by Crippen LogP contribution is 2.32. The van der Waals surface area contributed by atoms with Gasteiger partial charge < -0.3 is 19.6 Å². The molecular weight excluding hydrogens is 498 g/mol. The van der Waals surface area contributed by atoms with Crippen molar-refractivity contribution in [3.63, 3.8) is 0 Å². The Labute approximate surface area is 222 Å². The molecule has 9 nitrogen and oxygen atoms in total. The van der Waals surface area contributed by atoms with Crippen molar-refractivity contribution < 1.29 is 33.0 Å². The lowest BCUT2D eigenvalue weighted by molar-refractivity contribution is -0.134. The first-order valence-corrected chi connectivity index (χ1v) is 13.4. The lowest BCUT2D eigenvalue weighted by atomic mass is 9.89. The SMILES string of the molecule is CC(C)(C)OC(=O)N1CCC(C(O)CN2CCN(c3cc(F)c(C4CCC(=O)NC4=O)cc3F)CC2)CC1. The molecule has 0 bridgehead atoms. The van der Waals surface area contributed by atoms with E-state index < -0.39 is 41.1 Å². The molecule has 0 saturated carbocycles. The van der Waals surface area contributed by atoms with Crippen LogP contribution in [0.1, 0.15) is 57.9 Å². The number of anilines is 1. The first-order chi connectivity index (χ1) is 17.9. The van der Waals surface area contributed by atoms with E-state index in [-0.39, 0.29) is 36.1 Å². The molecule has 2 N–H and O–H groups in total. The van der Waals surface area contributed by atoms with Crippen molar-refractivity contribution in [2.24, 2.45) is 5.92 Å². The molecule has 3 amide bonds. The molecule has 0 aromatic heterocycles. The van der Waals surface area contributed by atoms with Crippen LogP contribution in [0.3, 0.4) is 0 Å². The van der Waals surface area contributed by atoms with Gasteiger partial charge in [-0.3, -0.25) is 19.8 Å². The number of aliphatic hydroxyl groups excluding tert-OH is 1. The molecule has 3 aliphatic heterocycles. The molecule has 38 heavy (non-hydrogen) atoms. The number of piperazine rings is 1. The Morgan fingerprint density at radius 2 is 1.71 bits per heavy atom. The van der Waals surface area contributed by atoms with Gasteiger partial charge >= 0.3 is 6.09 Å². The lowest BCUT2D eigenvalue weighted by Crippen LogP contribution is -2.51. The number of halogens is 2. The van der Waals surface area contributed by atoms with Crippen LogP contribution < -0.4 is 10.2 Å². The third-order valence-corrected chi connectivity index (χ3v) is 7.57. The normalized spacial score (nSPS) is 22.8. The van der Waals surface area contributed by atoms with Gasteiger partial charge in [0.05, 0.1) is 17.7 Å². The van der Waals surface area contributed by atoms with Crippen LogP contribution in [0.4, 0.5) is 19.3 Å². The molecule has 4 rings (SSSR count). The third kappa shape index (κ3) is 6.79. The summed E-state index contributed by atoms with van der Waals surface area (Å²) in [6.45, 7) is 9.20. The fraction of sp³-hybridized carbons (Fsp3) is 0.667. The lowest BCUT2D eigenvalue weighted by Gasteiger charge is -2.39. The average molecular weight is 537 g/mol. The monoisotopic (exact) mass is 536 g/mol. The number of piperidine rings is 2. The second-order valence-corrected chi connectivity index (χ2v) is 11.5. The molecule has 3 heterocycles. The summed E-state index contributed by atoms with van der Waals surface area (Å²) < 4.78 is 35.4. The maximum Gasteiger partial charge on any atom is 0.410 e. The van der Waals surface area contributed by atoms with Gasteiger partial charge in [0.1, 0.15) is 17.2 Å². The Kier molecular flexibility index (Phi) is 8.56. The minimum Gasteiger partial charge on any atom is -0.444 e. The molecule has 0 radical (unpaired) electrons. The van der Waals surface area contributed by atoms with Crippen LogP contribution >= 0.6 is 0 Å². The molecule has 1 aromatic rings. The Hall–Kier alpha value is -2.79. The van der Waals surface area contributed by atoms with Crippen molar-refractivity contribution in [3.8, 4) is 0 Å². The summed E-state index contributed by atoms with van der Waals surface area (Å²) in [5.74, 6) is -3.07. The van der Waals surface area contributed by atoms with Gasteiger partial charge in [0.25, 0.3) is 0 Å². The van der Waals surface area contributed by atoms with E-state index in [0.717, 1.165) is 12.1 Å². The summed E-state index contributed by atoms with van der Waals surface area (Å²) >= 11 is 0. The Balaban J connectivity index is 1.26. The number of benzene rings is 1. The number of hydrogen-bond donors (Lipinski definition) is 2. The number of amides is 3. The molecule has 3 saturated heterocycles. The predicted octanol–water partition coefficient (Wildman–Crippen LogP) is 2.62. The minimum atomic E-state index is -0.884. The summed E-state index contributed by atoms with van der Waals surface area (Å²) in [5, 5.41) is 13.0. The summed E-state index contributed by atoms with van der Waals surface area (Å²) in [5.41, 5.74) is -0.427. The van der Waals surface area contributed by atoms with Crippen LogP contribution in [-0.4, -0.2) is 90.3 Å². The maximum absolute atomic E-state index is 15.0. The van der Waals surface area contributed by atoms with Crippen molar-refractivity contribution in [1.82, 2.24) is 15.1 Å². The largest absolute Gasteiger partial charge is 0.444 e. The van der Waals surface area contributed by atoms with E-state index >= 15 is 4.39 Å². The van der Waals surface area contributed by atoms with Crippen LogP contribution in [0.5, 0.6) is 0 Å². The van der Waals surface area contributed by atoms with Crippen LogP contribution in [-0.2, 0) is 14.3 Å². The van der Waals surface area contributed by atoms with Crippen molar-refractivity contribution in [2.45, 2.75) is 64.1 Å². The van der Waals surface area contributed by atoms with Gasteiger partial charge in [0, 0.05) is 63.9 Å². The van der Waals surface area contributed by atoms with Gasteiger partial charge in [0.2, 0.25) is 11.8 Å². The van der Waals surface area contributed by atoms with E-state index in [4.69, 9.17) is 4.74 Å². The van der Waals surface area contributed by atoms with Gasteiger partial charge in [-0.05, 0) is 52.0 Å². The highest BCUT2D eigenvalue weighted by Gasteiger charge is 2.33. The molecule has 0 aliphatic carbocycles. The zero-order chi connectivity index (χ0) is 27.6. The van der Waals surface area contributed by atoms with Gasteiger partial charge in [-0.2, -0.15) is 0 Å². The van der Waals surface area contributed by atoms with E-state index in [1.54, 1.807) is 9.80 Å². The number of nitrogens with one attached hydrogen (secondary N) is 1. The molecule has 2 atom stereocenters. The molecule has 1 aromatic carbocycles. The van der Waals surface area contributed by atoms with E-state index in [0.29, 0.717) is 58.7 Å². The van der Waals surface area contributed by atoms with Crippen LogP contribution in [0, 0.1) is 17.6 Å². The zero-order valence-corrected chi connectivity index (χ0v) is 22.3. The van der Waals surface area contributed by atoms with Crippen LogP contribution in [0.25, 0.3) is 0 Å². The Bertz CT molecular complexity index is 1050. The fourth-order valence-corrected chi connectivity index (χ4v) is 5.43. The number of aliphatic hydroxyl groups is 1. The highest BCUT2D eigenvalue weighted by atomic mass is 19.1. The van der Waals surface area contributed by atoms with E-state index in [1.807, 2.05) is 20.8 Å². The minimum absolute atomic E-state index is 0.0317. The number of likely N-dealkylation sites (tertiary alicyclic amines) is 1. The second kappa shape index (κ2) is 11.5. The fourth-order valence-electron chi connectivity index (χ4n) is 5.43. The zero-order valence-electron chi connectivity index (χ0n) is 22.3. The number of hydrogen-bond acceptors (Lipinski definition) is 7. The number of ether oxygens (including phenoxy) is 1. The molecule has 0 spiro atoms.